The Labute approximate surface area is 132 Å². The summed E-state index contributed by atoms with van der Waals surface area (Å²) in [7, 11) is 0. The van der Waals surface area contributed by atoms with Crippen molar-refractivity contribution in [1.29, 1.82) is 0 Å². The first-order valence-electron chi connectivity index (χ1n) is 6.55. The van der Waals surface area contributed by atoms with Crippen molar-refractivity contribution in [2.45, 2.75) is 12.5 Å². The standard InChI is InChI=1S/C18H15IO/c1-18(20,15-8-10-17(19)11-9-15)16-7-6-13-4-2-3-5-14(13)12-16/h2-12,20H,1H3. The number of rotatable bonds is 2. The van der Waals surface area contributed by atoms with E-state index in [4.69, 9.17) is 0 Å². The molecule has 0 spiro atoms. The molecule has 0 aliphatic carbocycles. The number of hydrogen-bond donors (Lipinski definition) is 1. The van der Waals surface area contributed by atoms with Gasteiger partial charge in [0.25, 0.3) is 0 Å². The number of halogens is 1. The summed E-state index contributed by atoms with van der Waals surface area (Å²) in [5, 5.41) is 13.2. The first-order valence-corrected chi connectivity index (χ1v) is 7.63. The van der Waals surface area contributed by atoms with Crippen LogP contribution >= 0.6 is 22.6 Å². The Morgan fingerprint density at radius 2 is 1.40 bits per heavy atom. The molecule has 3 aromatic carbocycles. The topological polar surface area (TPSA) is 20.2 Å². The van der Waals surface area contributed by atoms with Crippen LogP contribution < -0.4 is 0 Å². The van der Waals surface area contributed by atoms with E-state index in [2.05, 4.69) is 46.9 Å². The van der Waals surface area contributed by atoms with E-state index in [0.717, 1.165) is 16.5 Å². The van der Waals surface area contributed by atoms with Gasteiger partial charge in [-0.2, -0.15) is 0 Å². The Morgan fingerprint density at radius 1 is 0.800 bits per heavy atom. The largest absolute Gasteiger partial charge is 0.381 e. The molecular weight excluding hydrogens is 359 g/mol. The minimum absolute atomic E-state index is 0.910. The number of fused-ring (bicyclic) bond motifs is 1. The molecule has 0 saturated heterocycles. The molecule has 1 N–H and O–H groups in total. The van der Waals surface area contributed by atoms with Gasteiger partial charge in [0.1, 0.15) is 5.60 Å². The van der Waals surface area contributed by atoms with E-state index in [0.29, 0.717) is 0 Å². The van der Waals surface area contributed by atoms with Crippen LogP contribution in [-0.4, -0.2) is 5.11 Å². The normalized spacial score (nSPS) is 14.2. The Kier molecular flexibility index (Phi) is 3.52. The van der Waals surface area contributed by atoms with Crippen molar-refractivity contribution in [3.05, 3.63) is 81.4 Å². The van der Waals surface area contributed by atoms with Crippen molar-refractivity contribution in [2.24, 2.45) is 0 Å². The van der Waals surface area contributed by atoms with Gasteiger partial charge in [0.15, 0.2) is 0 Å². The van der Waals surface area contributed by atoms with Gasteiger partial charge in [-0.3, -0.25) is 0 Å². The van der Waals surface area contributed by atoms with Gasteiger partial charge in [0.2, 0.25) is 0 Å². The lowest BCUT2D eigenvalue weighted by Crippen LogP contribution is -2.22. The average Bonchev–Trinajstić information content (AvgIpc) is 2.47. The second kappa shape index (κ2) is 5.19. The molecule has 0 heterocycles. The first-order chi connectivity index (χ1) is 9.57. The molecule has 0 aromatic heterocycles. The minimum atomic E-state index is -0.978. The third-order valence-electron chi connectivity index (χ3n) is 3.72. The zero-order valence-corrected chi connectivity index (χ0v) is 13.3. The lowest BCUT2D eigenvalue weighted by Gasteiger charge is -2.25. The van der Waals surface area contributed by atoms with Crippen LogP contribution in [0, 0.1) is 3.57 Å². The van der Waals surface area contributed by atoms with Crippen molar-refractivity contribution >= 4 is 33.4 Å². The molecule has 0 fully saturated rings. The molecular formula is C18H15IO. The predicted molar refractivity (Wildman–Crippen MR) is 91.8 cm³/mol. The average molecular weight is 374 g/mol. The number of hydrogen-bond acceptors (Lipinski definition) is 1. The van der Waals surface area contributed by atoms with Crippen LogP contribution in [0.15, 0.2) is 66.7 Å². The van der Waals surface area contributed by atoms with Gasteiger partial charge in [0, 0.05) is 3.57 Å². The maximum Gasteiger partial charge on any atom is 0.112 e. The fraction of sp³-hybridized carbons (Fsp3) is 0.111. The molecule has 2 heteroatoms. The molecule has 0 aliphatic rings. The molecule has 1 atom stereocenters. The lowest BCUT2D eigenvalue weighted by molar-refractivity contribution is 0.102. The van der Waals surface area contributed by atoms with Gasteiger partial charge in [-0.25, -0.2) is 0 Å². The Bertz CT molecular complexity index is 745. The molecule has 0 bridgehead atoms. The fourth-order valence-corrected chi connectivity index (χ4v) is 2.79. The van der Waals surface area contributed by atoms with Gasteiger partial charge in [-0.05, 0) is 69.6 Å². The molecule has 3 rings (SSSR count). The summed E-state index contributed by atoms with van der Waals surface area (Å²) >= 11 is 2.27. The van der Waals surface area contributed by atoms with Crippen LogP contribution in [0.3, 0.4) is 0 Å². The highest BCUT2D eigenvalue weighted by Crippen LogP contribution is 2.31. The maximum absolute atomic E-state index is 10.9. The van der Waals surface area contributed by atoms with Crippen LogP contribution in [0.5, 0.6) is 0 Å². The second-order valence-electron chi connectivity index (χ2n) is 5.14. The summed E-state index contributed by atoms with van der Waals surface area (Å²) in [4.78, 5) is 0. The number of aliphatic hydroxyl groups is 1. The van der Waals surface area contributed by atoms with Crippen LogP contribution in [0.1, 0.15) is 18.1 Å². The van der Waals surface area contributed by atoms with E-state index >= 15 is 0 Å². The third kappa shape index (κ3) is 2.45. The highest BCUT2D eigenvalue weighted by molar-refractivity contribution is 14.1. The van der Waals surface area contributed by atoms with Gasteiger partial charge in [-0.15, -0.1) is 0 Å². The highest BCUT2D eigenvalue weighted by atomic mass is 127. The Balaban J connectivity index is 2.10. The highest BCUT2D eigenvalue weighted by Gasteiger charge is 2.25. The molecule has 20 heavy (non-hydrogen) atoms. The maximum atomic E-state index is 10.9. The van der Waals surface area contributed by atoms with Crippen molar-refractivity contribution < 1.29 is 5.11 Å². The second-order valence-corrected chi connectivity index (χ2v) is 6.39. The van der Waals surface area contributed by atoms with Gasteiger partial charge >= 0.3 is 0 Å². The van der Waals surface area contributed by atoms with E-state index in [9.17, 15) is 5.11 Å². The summed E-state index contributed by atoms with van der Waals surface area (Å²) < 4.78 is 1.17. The molecule has 0 amide bonds. The smallest absolute Gasteiger partial charge is 0.112 e. The van der Waals surface area contributed by atoms with Crippen LogP contribution in [0.2, 0.25) is 0 Å². The zero-order chi connectivity index (χ0) is 14.2. The molecule has 100 valence electrons. The van der Waals surface area contributed by atoms with E-state index in [-0.39, 0.29) is 0 Å². The number of benzene rings is 3. The van der Waals surface area contributed by atoms with Crippen molar-refractivity contribution in [3.8, 4) is 0 Å². The molecule has 1 nitrogen and oxygen atoms in total. The summed E-state index contributed by atoms with van der Waals surface area (Å²) in [5.41, 5.74) is 0.847. The SMILES string of the molecule is CC(O)(c1ccc(I)cc1)c1ccc2ccccc2c1. The molecule has 0 saturated carbocycles. The summed E-state index contributed by atoms with van der Waals surface area (Å²) in [6, 6.07) is 22.3. The zero-order valence-electron chi connectivity index (χ0n) is 11.2. The Morgan fingerprint density at radius 3 is 2.10 bits per heavy atom. The summed E-state index contributed by atoms with van der Waals surface area (Å²) in [6.07, 6.45) is 0. The molecule has 0 aliphatic heterocycles. The van der Waals surface area contributed by atoms with E-state index in [1.165, 1.54) is 8.96 Å². The lowest BCUT2D eigenvalue weighted by atomic mass is 9.87. The Hall–Kier alpha value is -1.39. The van der Waals surface area contributed by atoms with Crippen molar-refractivity contribution in [1.82, 2.24) is 0 Å². The van der Waals surface area contributed by atoms with E-state index < -0.39 is 5.60 Å². The van der Waals surface area contributed by atoms with Gasteiger partial charge in [0.05, 0.1) is 0 Å². The molecule has 3 aromatic rings. The predicted octanol–water partition coefficient (Wildman–Crippen LogP) is 4.70. The third-order valence-corrected chi connectivity index (χ3v) is 4.44. The van der Waals surface area contributed by atoms with Crippen LogP contribution in [0.4, 0.5) is 0 Å². The molecule has 1 unspecified atom stereocenters. The minimum Gasteiger partial charge on any atom is -0.381 e. The van der Waals surface area contributed by atoms with Crippen molar-refractivity contribution in [3.63, 3.8) is 0 Å². The van der Waals surface area contributed by atoms with Crippen LogP contribution in [-0.2, 0) is 5.60 Å². The monoisotopic (exact) mass is 374 g/mol. The van der Waals surface area contributed by atoms with E-state index in [1.54, 1.807) is 0 Å². The molecule has 0 radical (unpaired) electrons. The quantitative estimate of drug-likeness (QED) is 0.645. The van der Waals surface area contributed by atoms with E-state index in [1.807, 2.05) is 49.4 Å². The van der Waals surface area contributed by atoms with Crippen LogP contribution in [0.25, 0.3) is 10.8 Å². The van der Waals surface area contributed by atoms with Gasteiger partial charge < -0.3 is 5.11 Å². The fourth-order valence-electron chi connectivity index (χ4n) is 2.43. The van der Waals surface area contributed by atoms with Gasteiger partial charge in [-0.1, -0.05) is 48.5 Å². The summed E-state index contributed by atoms with van der Waals surface area (Å²) in [5.74, 6) is 0. The summed E-state index contributed by atoms with van der Waals surface area (Å²) in [6.45, 7) is 1.85. The first kappa shape index (κ1) is 13.6. The van der Waals surface area contributed by atoms with Crippen molar-refractivity contribution in [2.75, 3.05) is 0 Å².